The second-order valence-electron chi connectivity index (χ2n) is 6.80. The average molecular weight is 416 g/mol. The van der Waals surface area contributed by atoms with Crippen molar-refractivity contribution in [3.8, 4) is 0 Å². The first-order valence-corrected chi connectivity index (χ1v) is 10.2. The first-order valence-electron chi connectivity index (χ1n) is 9.12. The number of para-hydroxylation sites is 2. The highest BCUT2D eigenvalue weighted by Crippen LogP contribution is 2.23. The van der Waals surface area contributed by atoms with Gasteiger partial charge in [-0.3, -0.25) is 5.41 Å². The van der Waals surface area contributed by atoms with Crippen LogP contribution >= 0.6 is 15.9 Å². The van der Waals surface area contributed by atoms with Crippen molar-refractivity contribution in [3.05, 3.63) is 77.1 Å². The fourth-order valence-electron chi connectivity index (χ4n) is 3.99. The third-order valence-corrected chi connectivity index (χ3v) is 5.77. The molecule has 0 aliphatic heterocycles. The standard InChI is InChI=1S/C23H18BrN3/c24-12-5-13-27-20-11-2-1-10-19(20)26-21(27)14-18-16-8-3-6-15-7-4-9-17(22(15)16)23(18)25/h1-4,6-11,14,25H,5,12-13H2. The maximum Gasteiger partial charge on any atom is 0.134 e. The van der Waals surface area contributed by atoms with Gasteiger partial charge in [0.2, 0.25) is 0 Å². The van der Waals surface area contributed by atoms with Crippen LogP contribution in [0.3, 0.4) is 0 Å². The summed E-state index contributed by atoms with van der Waals surface area (Å²) in [6.45, 7) is 0.898. The van der Waals surface area contributed by atoms with Gasteiger partial charge in [0.25, 0.3) is 0 Å². The zero-order chi connectivity index (χ0) is 18.4. The van der Waals surface area contributed by atoms with Crippen molar-refractivity contribution in [1.82, 2.24) is 9.55 Å². The van der Waals surface area contributed by atoms with Gasteiger partial charge in [0.05, 0.1) is 16.4 Å². The summed E-state index contributed by atoms with van der Waals surface area (Å²) in [5.74, 6) is 0.918. The summed E-state index contributed by atoms with van der Waals surface area (Å²) < 4.78 is 2.26. The molecule has 1 N–H and O–H groups in total. The Balaban J connectivity index is 1.85. The molecule has 0 saturated carbocycles. The third-order valence-electron chi connectivity index (χ3n) is 5.21. The fraction of sp³-hybridized carbons (Fsp3) is 0.130. The monoisotopic (exact) mass is 415 g/mol. The smallest absolute Gasteiger partial charge is 0.134 e. The summed E-state index contributed by atoms with van der Waals surface area (Å²) >= 11 is 3.54. The number of aromatic nitrogens is 2. The van der Waals surface area contributed by atoms with Crippen LogP contribution in [0.1, 0.15) is 12.2 Å². The molecule has 0 radical (unpaired) electrons. The van der Waals surface area contributed by atoms with Gasteiger partial charge in [0, 0.05) is 22.5 Å². The summed E-state index contributed by atoms with van der Waals surface area (Å²) in [6.07, 6.45) is 3.12. The minimum absolute atomic E-state index is 0.584. The lowest BCUT2D eigenvalue weighted by molar-refractivity contribution is 0.698. The molecule has 1 heterocycles. The number of benzene rings is 3. The van der Waals surface area contributed by atoms with Crippen molar-refractivity contribution >= 4 is 54.6 Å². The molecule has 0 aliphatic carbocycles. The summed E-state index contributed by atoms with van der Waals surface area (Å²) in [5, 5.41) is 15.8. The van der Waals surface area contributed by atoms with Crippen LogP contribution in [0.4, 0.5) is 0 Å². The predicted octanol–water partition coefficient (Wildman–Crippen LogP) is 4.59. The Kier molecular flexibility index (Phi) is 3.94. The lowest BCUT2D eigenvalue weighted by Gasteiger charge is -2.05. The molecule has 3 nitrogen and oxygen atoms in total. The molecule has 0 spiro atoms. The third kappa shape index (κ3) is 2.55. The van der Waals surface area contributed by atoms with Crippen molar-refractivity contribution < 1.29 is 0 Å². The molecular formula is C23H18BrN3. The van der Waals surface area contributed by atoms with Crippen LogP contribution in [0.25, 0.3) is 38.7 Å². The van der Waals surface area contributed by atoms with Gasteiger partial charge in [-0.25, -0.2) is 4.98 Å². The highest BCUT2D eigenvalue weighted by Gasteiger charge is 2.12. The summed E-state index contributed by atoms with van der Waals surface area (Å²) in [5.41, 5.74) is 2.14. The average Bonchev–Trinajstić information content (AvgIpc) is 3.18. The molecule has 4 heteroatoms. The van der Waals surface area contributed by atoms with Crippen LogP contribution in [-0.2, 0) is 6.54 Å². The minimum Gasteiger partial charge on any atom is -0.324 e. The van der Waals surface area contributed by atoms with Gasteiger partial charge in [-0.2, -0.15) is 0 Å². The second-order valence-corrected chi connectivity index (χ2v) is 7.59. The van der Waals surface area contributed by atoms with Gasteiger partial charge < -0.3 is 4.57 Å². The number of aryl methyl sites for hydroxylation is 1. The Morgan fingerprint density at radius 3 is 2.56 bits per heavy atom. The number of rotatable bonds is 4. The first kappa shape index (κ1) is 16.5. The van der Waals surface area contributed by atoms with Crippen molar-refractivity contribution in [2.24, 2.45) is 0 Å². The normalized spacial score (nSPS) is 12.7. The van der Waals surface area contributed by atoms with Gasteiger partial charge in [0.1, 0.15) is 5.82 Å². The molecule has 0 unspecified atom stereocenters. The molecule has 27 heavy (non-hydrogen) atoms. The maximum absolute atomic E-state index is 8.76. The number of nitrogens with one attached hydrogen (secondary N) is 1. The molecule has 0 saturated heterocycles. The van der Waals surface area contributed by atoms with Crippen LogP contribution in [0.15, 0.2) is 60.7 Å². The van der Waals surface area contributed by atoms with E-state index in [0.29, 0.717) is 5.36 Å². The largest absolute Gasteiger partial charge is 0.324 e. The van der Waals surface area contributed by atoms with E-state index in [0.717, 1.165) is 51.1 Å². The van der Waals surface area contributed by atoms with E-state index in [1.165, 1.54) is 10.8 Å². The fourth-order valence-corrected chi connectivity index (χ4v) is 4.24. The zero-order valence-electron chi connectivity index (χ0n) is 14.7. The van der Waals surface area contributed by atoms with Crippen LogP contribution in [0, 0.1) is 5.41 Å². The van der Waals surface area contributed by atoms with Crippen molar-refractivity contribution in [2.75, 3.05) is 5.33 Å². The van der Waals surface area contributed by atoms with Crippen molar-refractivity contribution in [2.45, 2.75) is 13.0 Å². The van der Waals surface area contributed by atoms with Gasteiger partial charge in [-0.15, -0.1) is 0 Å². The van der Waals surface area contributed by atoms with E-state index in [2.05, 4.69) is 69.0 Å². The number of imidazole rings is 1. The van der Waals surface area contributed by atoms with E-state index in [1.54, 1.807) is 0 Å². The lowest BCUT2D eigenvalue weighted by atomic mass is 10.1. The number of halogens is 1. The van der Waals surface area contributed by atoms with Crippen molar-refractivity contribution in [1.29, 1.82) is 5.41 Å². The van der Waals surface area contributed by atoms with E-state index in [4.69, 9.17) is 10.4 Å². The first-order chi connectivity index (χ1) is 13.3. The number of fused-ring (bicyclic) bond motifs is 1. The SMILES string of the molecule is N=c1c(=Cc2nc3ccccc3n2CCCBr)c2cccc3cccc1c32. The summed E-state index contributed by atoms with van der Waals surface area (Å²) in [7, 11) is 0. The lowest BCUT2D eigenvalue weighted by Crippen LogP contribution is -2.20. The topological polar surface area (TPSA) is 41.7 Å². The minimum atomic E-state index is 0.584. The molecule has 1 aromatic heterocycles. The van der Waals surface area contributed by atoms with Crippen LogP contribution in [0.5, 0.6) is 0 Å². The van der Waals surface area contributed by atoms with E-state index in [9.17, 15) is 0 Å². The summed E-state index contributed by atoms with van der Waals surface area (Å²) in [4.78, 5) is 4.86. The molecule has 0 fully saturated rings. The van der Waals surface area contributed by atoms with Crippen LogP contribution < -0.4 is 10.6 Å². The van der Waals surface area contributed by atoms with Gasteiger partial charge >= 0.3 is 0 Å². The number of hydrogen-bond donors (Lipinski definition) is 1. The zero-order valence-corrected chi connectivity index (χ0v) is 16.3. The maximum atomic E-state index is 8.76. The van der Waals surface area contributed by atoms with E-state index >= 15 is 0 Å². The summed E-state index contributed by atoms with van der Waals surface area (Å²) in [6, 6.07) is 20.7. The highest BCUT2D eigenvalue weighted by atomic mass is 79.9. The van der Waals surface area contributed by atoms with Crippen LogP contribution in [0.2, 0.25) is 0 Å². The van der Waals surface area contributed by atoms with Crippen LogP contribution in [-0.4, -0.2) is 14.9 Å². The molecule has 0 atom stereocenters. The highest BCUT2D eigenvalue weighted by molar-refractivity contribution is 9.09. The number of nitrogens with zero attached hydrogens (tertiary/aromatic N) is 2. The van der Waals surface area contributed by atoms with E-state index in [1.807, 2.05) is 18.2 Å². The number of alkyl halides is 1. The predicted molar refractivity (Wildman–Crippen MR) is 115 cm³/mol. The Bertz CT molecular complexity index is 1380. The van der Waals surface area contributed by atoms with Gasteiger partial charge in [-0.1, -0.05) is 64.5 Å². The van der Waals surface area contributed by atoms with Gasteiger partial charge in [0.15, 0.2) is 0 Å². The Hall–Kier alpha value is -2.72. The Morgan fingerprint density at radius 2 is 1.74 bits per heavy atom. The number of hydrogen-bond acceptors (Lipinski definition) is 2. The molecule has 0 aliphatic rings. The van der Waals surface area contributed by atoms with E-state index < -0.39 is 0 Å². The van der Waals surface area contributed by atoms with E-state index in [-0.39, 0.29) is 0 Å². The molecule has 5 rings (SSSR count). The molecule has 132 valence electrons. The Morgan fingerprint density at radius 1 is 0.963 bits per heavy atom. The molecular weight excluding hydrogens is 398 g/mol. The molecule has 4 aromatic carbocycles. The quantitative estimate of drug-likeness (QED) is 0.428. The van der Waals surface area contributed by atoms with Crippen molar-refractivity contribution in [3.63, 3.8) is 0 Å². The van der Waals surface area contributed by atoms with Gasteiger partial charge in [-0.05, 0) is 40.8 Å². The molecule has 5 aromatic rings. The molecule has 0 bridgehead atoms. The molecule has 0 amide bonds. The second kappa shape index (κ2) is 6.46. The Labute approximate surface area is 164 Å².